The fourth-order valence-corrected chi connectivity index (χ4v) is 9.99. The Morgan fingerprint density at radius 2 is 1.81 bits per heavy atom. The number of hydrogen-bond donors (Lipinski definition) is 2. The van der Waals surface area contributed by atoms with E-state index >= 15 is 0 Å². The highest BCUT2D eigenvalue weighted by molar-refractivity contribution is 5.69. The summed E-state index contributed by atoms with van der Waals surface area (Å²) in [5.41, 5.74) is -0.00904. The molecule has 0 bridgehead atoms. The third-order valence-electron chi connectivity index (χ3n) is 12.3. The second kappa shape index (κ2) is 10.8. The van der Waals surface area contributed by atoms with Crippen molar-refractivity contribution in [1.29, 1.82) is 0 Å². The van der Waals surface area contributed by atoms with E-state index in [4.69, 9.17) is 9.47 Å². The first-order valence-corrected chi connectivity index (χ1v) is 15.0. The molecule has 2 unspecified atom stereocenters. The maximum atomic E-state index is 11.9. The largest absolute Gasteiger partial charge is 0.469 e. The van der Waals surface area contributed by atoms with E-state index in [1.807, 2.05) is 0 Å². The van der Waals surface area contributed by atoms with Gasteiger partial charge in [0.15, 0.2) is 0 Å². The van der Waals surface area contributed by atoms with Gasteiger partial charge in [-0.25, -0.2) is 0 Å². The molecule has 0 aromatic carbocycles. The van der Waals surface area contributed by atoms with Crippen LogP contribution in [0.3, 0.4) is 0 Å². The number of ether oxygens (including phenoxy) is 2. The summed E-state index contributed by atoms with van der Waals surface area (Å²) in [6.45, 7) is 12.6. The van der Waals surface area contributed by atoms with Gasteiger partial charge >= 0.3 is 5.97 Å². The van der Waals surface area contributed by atoms with Crippen LogP contribution in [0.5, 0.6) is 0 Å². The van der Waals surface area contributed by atoms with E-state index < -0.39 is 0 Å². The van der Waals surface area contributed by atoms with E-state index in [0.29, 0.717) is 42.1 Å². The summed E-state index contributed by atoms with van der Waals surface area (Å²) in [5.74, 6) is 1.97. The number of fused-ring (bicyclic) bond motifs is 5. The second-order valence-electron chi connectivity index (χ2n) is 13.9. The minimum Gasteiger partial charge on any atom is -0.469 e. The summed E-state index contributed by atoms with van der Waals surface area (Å²) < 4.78 is 11.2. The Kier molecular flexibility index (Phi) is 8.54. The molecule has 4 aliphatic rings. The van der Waals surface area contributed by atoms with E-state index in [2.05, 4.69) is 34.6 Å². The summed E-state index contributed by atoms with van der Waals surface area (Å²) in [6, 6.07) is 0. The number of methoxy groups -OCH3 is 1. The van der Waals surface area contributed by atoms with Gasteiger partial charge in [-0.05, 0) is 110 Å². The van der Waals surface area contributed by atoms with E-state index in [0.717, 1.165) is 77.2 Å². The summed E-state index contributed by atoms with van der Waals surface area (Å²) in [5, 5.41) is 23.3. The molecule has 11 atom stereocenters. The van der Waals surface area contributed by atoms with Crippen molar-refractivity contribution in [1.82, 2.24) is 0 Å². The van der Waals surface area contributed by atoms with Gasteiger partial charge in [0.2, 0.25) is 0 Å². The van der Waals surface area contributed by atoms with E-state index in [1.165, 1.54) is 7.11 Å². The Bertz CT molecular complexity index is 770. The number of aliphatic hydroxyl groups excluding tert-OH is 2. The first kappa shape index (κ1) is 28.4. The van der Waals surface area contributed by atoms with Crippen LogP contribution < -0.4 is 0 Å². The highest BCUT2D eigenvalue weighted by Gasteiger charge is 2.65. The zero-order chi connectivity index (χ0) is 26.3. The van der Waals surface area contributed by atoms with Crippen LogP contribution in [-0.2, 0) is 14.3 Å². The molecule has 208 valence electrons. The molecule has 0 heterocycles. The number of hydrogen-bond acceptors (Lipinski definition) is 5. The molecular weight excluding hydrogens is 452 g/mol. The highest BCUT2D eigenvalue weighted by Crippen LogP contribution is 2.70. The van der Waals surface area contributed by atoms with Gasteiger partial charge in [0.05, 0.1) is 25.4 Å². The smallest absolute Gasteiger partial charge is 0.305 e. The third kappa shape index (κ3) is 4.79. The molecular formula is C31H54O5. The van der Waals surface area contributed by atoms with E-state index in [1.54, 1.807) is 0 Å². The number of esters is 1. The molecule has 4 aliphatic carbocycles. The Balaban J connectivity index is 1.57. The maximum absolute atomic E-state index is 11.9. The van der Waals surface area contributed by atoms with Crippen LogP contribution in [0.25, 0.3) is 0 Å². The van der Waals surface area contributed by atoms with Gasteiger partial charge in [-0.2, -0.15) is 0 Å². The molecule has 4 fully saturated rings. The molecule has 2 N–H and O–H groups in total. The molecule has 0 aromatic rings. The van der Waals surface area contributed by atoms with Gasteiger partial charge in [0, 0.05) is 13.0 Å². The van der Waals surface area contributed by atoms with Crippen molar-refractivity contribution in [3.63, 3.8) is 0 Å². The molecule has 4 rings (SSSR count). The SMILES string of the molecule is CCCCO[C@@H]1CC[C@]2(C)[C@H]3C[C@H](O)[C@]4(C)C(C(C)CCC(=O)OC)CC[C@H]4[C@H]3C[C@H](O)C[C@]2(C)C1. The number of unbranched alkanes of at least 4 members (excludes halogenated alkanes) is 1. The lowest BCUT2D eigenvalue weighted by molar-refractivity contribution is -0.171. The molecule has 36 heavy (non-hydrogen) atoms. The van der Waals surface area contributed by atoms with Crippen LogP contribution >= 0.6 is 0 Å². The second-order valence-corrected chi connectivity index (χ2v) is 13.9. The Hall–Kier alpha value is -0.650. The molecule has 0 radical (unpaired) electrons. The molecule has 0 amide bonds. The molecule has 4 saturated carbocycles. The van der Waals surface area contributed by atoms with Crippen molar-refractivity contribution in [2.24, 2.45) is 45.8 Å². The zero-order valence-corrected chi connectivity index (χ0v) is 23.9. The number of carbonyl (C=O) groups excluding carboxylic acids is 1. The zero-order valence-electron chi connectivity index (χ0n) is 23.9. The van der Waals surface area contributed by atoms with Gasteiger partial charge in [0.1, 0.15) is 0 Å². The minimum atomic E-state index is -0.327. The fraction of sp³-hybridized carbons (Fsp3) is 0.968. The normalized spacial score (nSPS) is 47.3. The highest BCUT2D eigenvalue weighted by atomic mass is 16.5. The lowest BCUT2D eigenvalue weighted by Crippen LogP contribution is -2.58. The van der Waals surface area contributed by atoms with Crippen LogP contribution in [-0.4, -0.2) is 48.2 Å². The average Bonchev–Trinajstić information content (AvgIpc) is 3.16. The van der Waals surface area contributed by atoms with Crippen molar-refractivity contribution in [2.45, 2.75) is 130 Å². The Morgan fingerprint density at radius 3 is 2.50 bits per heavy atom. The summed E-state index contributed by atoms with van der Waals surface area (Å²) in [4.78, 5) is 11.8. The van der Waals surface area contributed by atoms with Gasteiger partial charge in [-0.1, -0.05) is 41.0 Å². The lowest BCUT2D eigenvalue weighted by atomic mass is 9.44. The standard InChI is InChI=1S/C31H54O5/c1-7-8-15-36-22-13-14-30(4)26-17-27(33)31(5)24(20(2)9-12-28(34)35-6)10-11-25(31)23(26)16-21(32)18-29(30,3)19-22/h20-27,32-33H,7-19H2,1-6H3/t20?,21-,22+,23+,24?,25-,26-,27-,29+,30+,31+/m0/s1. The van der Waals surface area contributed by atoms with Gasteiger partial charge in [-0.15, -0.1) is 0 Å². The lowest BCUT2D eigenvalue weighted by Gasteiger charge is -2.61. The number of aliphatic hydroxyl groups is 2. The Labute approximate surface area is 220 Å². The molecule has 5 heteroatoms. The van der Waals surface area contributed by atoms with Gasteiger partial charge in [-0.3, -0.25) is 4.79 Å². The molecule has 5 nitrogen and oxygen atoms in total. The first-order chi connectivity index (χ1) is 17.0. The van der Waals surface area contributed by atoms with Gasteiger partial charge < -0.3 is 19.7 Å². The average molecular weight is 507 g/mol. The van der Waals surface area contributed by atoms with Crippen molar-refractivity contribution >= 4 is 5.97 Å². The molecule has 0 saturated heterocycles. The Morgan fingerprint density at radius 1 is 1.06 bits per heavy atom. The van der Waals surface area contributed by atoms with Crippen LogP contribution in [0.2, 0.25) is 0 Å². The van der Waals surface area contributed by atoms with E-state index in [9.17, 15) is 15.0 Å². The van der Waals surface area contributed by atoms with Crippen LogP contribution in [0, 0.1) is 45.8 Å². The summed E-state index contributed by atoms with van der Waals surface area (Å²) in [6.07, 6.45) is 11.3. The molecule has 0 aliphatic heterocycles. The van der Waals surface area contributed by atoms with Crippen molar-refractivity contribution in [3.05, 3.63) is 0 Å². The summed E-state index contributed by atoms with van der Waals surface area (Å²) in [7, 11) is 1.46. The summed E-state index contributed by atoms with van der Waals surface area (Å²) >= 11 is 0. The monoisotopic (exact) mass is 506 g/mol. The molecule has 0 spiro atoms. The predicted octanol–water partition coefficient (Wildman–Crippen LogP) is 6.14. The maximum Gasteiger partial charge on any atom is 0.305 e. The van der Waals surface area contributed by atoms with Crippen LogP contribution in [0.1, 0.15) is 112 Å². The fourth-order valence-electron chi connectivity index (χ4n) is 9.99. The topological polar surface area (TPSA) is 76.0 Å². The van der Waals surface area contributed by atoms with Crippen molar-refractivity contribution in [3.8, 4) is 0 Å². The van der Waals surface area contributed by atoms with Crippen molar-refractivity contribution < 1.29 is 24.5 Å². The predicted molar refractivity (Wildman–Crippen MR) is 142 cm³/mol. The third-order valence-corrected chi connectivity index (χ3v) is 12.3. The quantitative estimate of drug-likeness (QED) is 0.305. The van der Waals surface area contributed by atoms with E-state index in [-0.39, 0.29) is 34.4 Å². The first-order valence-electron chi connectivity index (χ1n) is 15.0. The van der Waals surface area contributed by atoms with Gasteiger partial charge in [0.25, 0.3) is 0 Å². The molecule has 0 aromatic heterocycles. The van der Waals surface area contributed by atoms with Crippen LogP contribution in [0.4, 0.5) is 0 Å². The number of rotatable bonds is 8. The number of carbonyl (C=O) groups is 1. The van der Waals surface area contributed by atoms with Crippen LogP contribution in [0.15, 0.2) is 0 Å². The minimum absolute atomic E-state index is 0.0280. The van der Waals surface area contributed by atoms with Crippen molar-refractivity contribution in [2.75, 3.05) is 13.7 Å².